The van der Waals surface area contributed by atoms with Gasteiger partial charge >= 0.3 is 0 Å². The minimum atomic E-state index is -0.0372. The lowest BCUT2D eigenvalue weighted by atomic mass is 10.4. The van der Waals surface area contributed by atoms with Crippen LogP contribution in [0, 0.1) is 0 Å². The standard InChI is InChI=1S/C9H10ClNOS/c1-2-11-9(12)13-8-5-3-7(10)4-6-8/h3-6H,2H2,1H3,(H,11,12). The molecule has 0 bridgehead atoms. The van der Waals surface area contributed by atoms with Crippen LogP contribution in [0.5, 0.6) is 0 Å². The van der Waals surface area contributed by atoms with E-state index in [0.717, 1.165) is 4.90 Å². The lowest BCUT2D eigenvalue weighted by molar-refractivity contribution is 0.261. The highest BCUT2D eigenvalue weighted by molar-refractivity contribution is 8.13. The number of nitrogens with one attached hydrogen (secondary N) is 1. The molecule has 1 N–H and O–H groups in total. The smallest absolute Gasteiger partial charge is 0.283 e. The molecule has 0 unspecified atom stereocenters. The number of benzene rings is 1. The lowest BCUT2D eigenvalue weighted by Gasteiger charge is -2.00. The van der Waals surface area contributed by atoms with Crippen molar-refractivity contribution in [2.75, 3.05) is 6.54 Å². The molecule has 0 aliphatic rings. The van der Waals surface area contributed by atoms with Crippen LogP contribution in [0.2, 0.25) is 5.02 Å². The summed E-state index contributed by atoms with van der Waals surface area (Å²) in [5.74, 6) is 0. The minimum Gasteiger partial charge on any atom is -0.347 e. The van der Waals surface area contributed by atoms with Crippen molar-refractivity contribution in [1.82, 2.24) is 5.32 Å². The molecule has 0 aromatic heterocycles. The molecule has 1 rings (SSSR count). The Bertz CT molecular complexity index is 286. The number of hydrogen-bond donors (Lipinski definition) is 1. The Morgan fingerprint density at radius 3 is 2.62 bits per heavy atom. The Balaban J connectivity index is 2.54. The first-order valence-corrected chi connectivity index (χ1v) is 5.13. The SMILES string of the molecule is CCNC(=O)Sc1ccc(Cl)cc1. The third-order valence-electron chi connectivity index (χ3n) is 1.35. The molecular formula is C9H10ClNOS. The summed E-state index contributed by atoms with van der Waals surface area (Å²) in [7, 11) is 0. The van der Waals surface area contributed by atoms with Crippen molar-refractivity contribution in [3.63, 3.8) is 0 Å². The molecule has 70 valence electrons. The third kappa shape index (κ3) is 3.70. The zero-order valence-corrected chi connectivity index (χ0v) is 8.78. The molecule has 2 nitrogen and oxygen atoms in total. The van der Waals surface area contributed by atoms with Crippen molar-refractivity contribution in [2.45, 2.75) is 11.8 Å². The summed E-state index contributed by atoms with van der Waals surface area (Å²) in [6, 6.07) is 7.18. The first kappa shape index (κ1) is 10.4. The summed E-state index contributed by atoms with van der Waals surface area (Å²) in [4.78, 5) is 12.0. The van der Waals surface area contributed by atoms with Gasteiger partial charge in [-0.3, -0.25) is 4.79 Å². The molecule has 13 heavy (non-hydrogen) atoms. The van der Waals surface area contributed by atoms with E-state index in [1.165, 1.54) is 11.8 Å². The molecule has 0 fully saturated rings. The second-order valence-electron chi connectivity index (χ2n) is 2.37. The highest BCUT2D eigenvalue weighted by atomic mass is 35.5. The van der Waals surface area contributed by atoms with Gasteiger partial charge in [0.2, 0.25) is 0 Å². The van der Waals surface area contributed by atoms with Gasteiger partial charge in [-0.15, -0.1) is 0 Å². The van der Waals surface area contributed by atoms with Crippen molar-refractivity contribution in [2.24, 2.45) is 0 Å². The molecule has 0 radical (unpaired) electrons. The van der Waals surface area contributed by atoms with Crippen LogP contribution in [-0.2, 0) is 0 Å². The van der Waals surface area contributed by atoms with Crippen LogP contribution in [-0.4, -0.2) is 11.8 Å². The van der Waals surface area contributed by atoms with Gasteiger partial charge in [0, 0.05) is 16.5 Å². The van der Waals surface area contributed by atoms with Crippen LogP contribution in [0.4, 0.5) is 4.79 Å². The molecule has 0 heterocycles. The van der Waals surface area contributed by atoms with E-state index in [1.54, 1.807) is 12.1 Å². The van der Waals surface area contributed by atoms with E-state index in [0.29, 0.717) is 11.6 Å². The second-order valence-corrected chi connectivity index (χ2v) is 3.86. The van der Waals surface area contributed by atoms with E-state index in [2.05, 4.69) is 5.32 Å². The number of rotatable bonds is 2. The fourth-order valence-electron chi connectivity index (χ4n) is 0.790. The number of halogens is 1. The van der Waals surface area contributed by atoms with Gasteiger partial charge < -0.3 is 5.32 Å². The van der Waals surface area contributed by atoms with Gasteiger partial charge in [-0.25, -0.2) is 0 Å². The van der Waals surface area contributed by atoms with E-state index in [1.807, 2.05) is 19.1 Å². The molecule has 0 aliphatic carbocycles. The fourth-order valence-corrected chi connectivity index (χ4v) is 1.62. The highest BCUT2D eigenvalue weighted by Gasteiger charge is 2.01. The molecule has 4 heteroatoms. The number of thioether (sulfide) groups is 1. The van der Waals surface area contributed by atoms with Crippen molar-refractivity contribution in [1.29, 1.82) is 0 Å². The van der Waals surface area contributed by atoms with Crippen molar-refractivity contribution in [3.8, 4) is 0 Å². The monoisotopic (exact) mass is 215 g/mol. The second kappa shape index (κ2) is 5.14. The quantitative estimate of drug-likeness (QED) is 0.768. The normalized spacial score (nSPS) is 9.69. The summed E-state index contributed by atoms with van der Waals surface area (Å²) in [6.07, 6.45) is 0. The zero-order chi connectivity index (χ0) is 9.68. The highest BCUT2D eigenvalue weighted by Crippen LogP contribution is 2.20. The van der Waals surface area contributed by atoms with E-state index < -0.39 is 0 Å². The number of amides is 1. The number of hydrogen-bond acceptors (Lipinski definition) is 2. The van der Waals surface area contributed by atoms with E-state index >= 15 is 0 Å². The van der Waals surface area contributed by atoms with Crippen LogP contribution >= 0.6 is 23.4 Å². The predicted molar refractivity (Wildman–Crippen MR) is 56.4 cm³/mol. The molecule has 0 saturated carbocycles. The van der Waals surface area contributed by atoms with Gasteiger partial charge in [-0.1, -0.05) is 11.6 Å². The molecule has 0 atom stereocenters. The Morgan fingerprint density at radius 2 is 2.08 bits per heavy atom. The molecule has 1 amide bonds. The first-order valence-electron chi connectivity index (χ1n) is 3.93. The molecule has 0 spiro atoms. The molecule has 1 aromatic rings. The van der Waals surface area contributed by atoms with Gasteiger partial charge in [0.1, 0.15) is 0 Å². The molecule has 1 aromatic carbocycles. The van der Waals surface area contributed by atoms with E-state index in [-0.39, 0.29) is 5.24 Å². The molecular weight excluding hydrogens is 206 g/mol. The molecule has 0 aliphatic heterocycles. The zero-order valence-electron chi connectivity index (χ0n) is 7.21. The van der Waals surface area contributed by atoms with E-state index in [9.17, 15) is 4.79 Å². The fraction of sp³-hybridized carbons (Fsp3) is 0.222. The maximum Gasteiger partial charge on any atom is 0.283 e. The number of carbonyl (C=O) groups is 1. The van der Waals surface area contributed by atoms with Gasteiger partial charge in [-0.05, 0) is 43.0 Å². The Morgan fingerprint density at radius 1 is 1.46 bits per heavy atom. The first-order chi connectivity index (χ1) is 6.22. The third-order valence-corrected chi connectivity index (χ3v) is 2.43. The largest absolute Gasteiger partial charge is 0.347 e. The van der Waals surface area contributed by atoms with Gasteiger partial charge in [-0.2, -0.15) is 0 Å². The summed E-state index contributed by atoms with van der Waals surface area (Å²) < 4.78 is 0. The van der Waals surface area contributed by atoms with Crippen molar-refractivity contribution >= 4 is 28.6 Å². The van der Waals surface area contributed by atoms with Crippen molar-refractivity contribution in [3.05, 3.63) is 29.3 Å². The predicted octanol–water partition coefficient (Wildman–Crippen LogP) is 3.16. The van der Waals surface area contributed by atoms with Gasteiger partial charge in [0.05, 0.1) is 0 Å². The maximum absolute atomic E-state index is 11.1. The summed E-state index contributed by atoms with van der Waals surface area (Å²) >= 11 is 6.87. The topological polar surface area (TPSA) is 29.1 Å². The average molecular weight is 216 g/mol. The van der Waals surface area contributed by atoms with Gasteiger partial charge in [0.15, 0.2) is 0 Å². The Hall–Kier alpha value is -0.670. The van der Waals surface area contributed by atoms with Gasteiger partial charge in [0.25, 0.3) is 5.24 Å². The van der Waals surface area contributed by atoms with Crippen LogP contribution in [0.15, 0.2) is 29.2 Å². The summed E-state index contributed by atoms with van der Waals surface area (Å²) in [5.41, 5.74) is 0. The summed E-state index contributed by atoms with van der Waals surface area (Å²) in [6.45, 7) is 2.54. The molecule has 0 saturated heterocycles. The Labute approximate surface area is 86.7 Å². The lowest BCUT2D eigenvalue weighted by Crippen LogP contribution is -2.16. The van der Waals surface area contributed by atoms with E-state index in [4.69, 9.17) is 11.6 Å². The Kier molecular flexibility index (Phi) is 4.12. The maximum atomic E-state index is 11.1. The van der Waals surface area contributed by atoms with Crippen LogP contribution in [0.3, 0.4) is 0 Å². The minimum absolute atomic E-state index is 0.0372. The van der Waals surface area contributed by atoms with Crippen LogP contribution in [0.25, 0.3) is 0 Å². The summed E-state index contributed by atoms with van der Waals surface area (Å²) in [5, 5.41) is 3.34. The van der Waals surface area contributed by atoms with Crippen LogP contribution in [0.1, 0.15) is 6.92 Å². The van der Waals surface area contributed by atoms with Crippen LogP contribution < -0.4 is 5.32 Å². The average Bonchev–Trinajstić information content (AvgIpc) is 2.09. The number of carbonyl (C=O) groups excluding carboxylic acids is 1. The van der Waals surface area contributed by atoms with Crippen molar-refractivity contribution < 1.29 is 4.79 Å².